The molecule has 0 heterocycles. The van der Waals surface area contributed by atoms with Crippen LogP contribution in [0.25, 0.3) is 0 Å². The van der Waals surface area contributed by atoms with Crippen molar-refractivity contribution in [2.45, 2.75) is 245 Å². The van der Waals surface area contributed by atoms with Crippen molar-refractivity contribution in [3.8, 4) is 0 Å². The fourth-order valence-corrected chi connectivity index (χ4v) is 7.77. The van der Waals surface area contributed by atoms with E-state index in [1.54, 1.807) is 6.08 Å². The van der Waals surface area contributed by atoms with Gasteiger partial charge in [0, 0.05) is 149 Å². The van der Waals surface area contributed by atoms with Crippen LogP contribution in [0.2, 0.25) is 0 Å². The van der Waals surface area contributed by atoms with Gasteiger partial charge in [0.1, 0.15) is 0 Å². The zero-order chi connectivity index (χ0) is 91.5. The maximum absolute atomic E-state index is 10.1. The van der Waals surface area contributed by atoms with E-state index in [0.29, 0.717) is 130 Å². The maximum atomic E-state index is 10.1. The van der Waals surface area contributed by atoms with Gasteiger partial charge >= 0.3 is 41.8 Å². The third-order valence-corrected chi connectivity index (χ3v) is 13.7. The van der Waals surface area contributed by atoms with Crippen LogP contribution >= 0.6 is 0 Å². The lowest BCUT2D eigenvalue weighted by molar-refractivity contribution is -0.138. The summed E-state index contributed by atoms with van der Waals surface area (Å²) in [6.07, 6.45) is 34.9. The Labute approximate surface area is 700 Å². The standard InChI is InChI=1S/C10H18O4.C10H20O2.C9H16O4.C9H18O2.C9H16O2.8C4H11NO2/c11-9(12)7-5-3-1-2-4-6-8-10(13)14;1-2-3-4-5-6-7-8-9-10(11)12;10-8(11)6-4-2-1-3-5-7-9(12)13;2*1-2-3-4-5-6-7-8-9(10)11;8*6-3-1-5-2-4-7/h1-8H2,(H,11,12)(H,13,14);2-9H2,1H3,(H,11,12);1-7H2,(H,10,11)(H,12,13);2-8H2,1H3,(H,10,11);7-8H,2-6H2,1H3,(H,10,11);8*5-7H,1-4H2. The first kappa shape index (κ1) is 141. The summed E-state index contributed by atoms with van der Waals surface area (Å²) in [6, 6.07) is 0. The number of hydrogen-bond acceptors (Lipinski definition) is 31. The number of carboxylic acids is 7. The average Bonchev–Trinajstić information content (AvgIpc) is 1.36. The molecule has 0 rings (SSSR count). The van der Waals surface area contributed by atoms with Crippen LogP contribution in [0.5, 0.6) is 0 Å². The third-order valence-electron chi connectivity index (χ3n) is 13.7. The molecule has 0 amide bonds. The van der Waals surface area contributed by atoms with Crippen LogP contribution in [0.3, 0.4) is 0 Å². The second-order valence-electron chi connectivity index (χ2n) is 24.8. The van der Waals surface area contributed by atoms with E-state index < -0.39 is 41.8 Å². The van der Waals surface area contributed by atoms with Crippen molar-refractivity contribution in [1.29, 1.82) is 0 Å². The summed E-state index contributed by atoms with van der Waals surface area (Å²) in [5.41, 5.74) is 0. The van der Waals surface area contributed by atoms with Crippen molar-refractivity contribution in [3.63, 3.8) is 0 Å². The quantitative estimate of drug-likeness (QED) is 0.0301. The summed E-state index contributed by atoms with van der Waals surface area (Å²) in [6.45, 7) is 17.9. The normalized spacial score (nSPS) is 9.77. The summed E-state index contributed by atoms with van der Waals surface area (Å²) >= 11 is 0. The van der Waals surface area contributed by atoms with E-state index in [2.05, 4.69) is 63.3 Å². The van der Waals surface area contributed by atoms with Gasteiger partial charge in [-0.25, -0.2) is 4.79 Å². The van der Waals surface area contributed by atoms with Crippen LogP contribution in [-0.2, 0) is 33.6 Å². The molecule has 0 aliphatic carbocycles. The lowest BCUT2D eigenvalue weighted by atomic mass is 10.1. The first-order chi connectivity index (χ1) is 56.4. The zero-order valence-electron chi connectivity index (χ0n) is 72.2. The van der Waals surface area contributed by atoms with Gasteiger partial charge in [0.05, 0.1) is 106 Å². The smallest absolute Gasteiger partial charge is 0.327 e. The van der Waals surface area contributed by atoms with E-state index in [1.165, 1.54) is 83.1 Å². The molecular weight excluding hydrogens is 1540 g/mol. The van der Waals surface area contributed by atoms with Crippen molar-refractivity contribution < 1.29 is 151 Å². The Morgan fingerprint density at radius 3 is 0.419 bits per heavy atom. The van der Waals surface area contributed by atoms with E-state index in [0.717, 1.165) is 96.3 Å². The lowest BCUT2D eigenvalue weighted by Crippen LogP contribution is -2.21. The fraction of sp³-hybridized carbons (Fsp3) is 0.886. The Morgan fingerprint density at radius 2 is 0.308 bits per heavy atom. The molecule has 0 fully saturated rings. The summed E-state index contributed by atoms with van der Waals surface area (Å²) in [5.74, 6) is -5.17. The molecule has 0 bridgehead atoms. The summed E-state index contributed by atoms with van der Waals surface area (Å²) in [7, 11) is 0. The molecule has 0 aromatic carbocycles. The molecule has 31 N–H and O–H groups in total. The topological polar surface area (TPSA) is 681 Å². The Bertz CT molecular complexity index is 1600. The number of aliphatic hydroxyl groups excluding tert-OH is 16. The molecule has 0 unspecified atom stereocenters. The number of hydrogen-bond donors (Lipinski definition) is 31. The Hall–Kier alpha value is -4.93. The number of allylic oxidation sites excluding steroid dienone is 1. The van der Waals surface area contributed by atoms with Crippen LogP contribution in [-0.4, -0.2) is 370 Å². The Morgan fingerprint density at radius 1 is 0.188 bits per heavy atom. The molecule has 0 atom stereocenters. The Balaban J connectivity index is -0.0000000918. The Kier molecular flexibility index (Phi) is 187. The van der Waals surface area contributed by atoms with E-state index in [9.17, 15) is 33.6 Å². The van der Waals surface area contributed by atoms with E-state index in [4.69, 9.17) is 117 Å². The van der Waals surface area contributed by atoms with Crippen LogP contribution in [0.15, 0.2) is 12.2 Å². The molecule has 38 heteroatoms. The van der Waals surface area contributed by atoms with Crippen LogP contribution in [0.4, 0.5) is 0 Å². The predicted octanol–water partition coefficient (Wildman–Crippen LogP) is 1.28. The second kappa shape index (κ2) is 155. The second-order valence-corrected chi connectivity index (χ2v) is 24.8. The molecule has 0 saturated heterocycles. The highest BCUT2D eigenvalue weighted by Crippen LogP contribution is 2.11. The van der Waals surface area contributed by atoms with Gasteiger partial charge in [-0.15, -0.1) is 0 Å². The van der Waals surface area contributed by atoms with E-state index >= 15 is 0 Å². The predicted molar refractivity (Wildman–Crippen MR) is 458 cm³/mol. The maximum Gasteiger partial charge on any atom is 0.327 e. The van der Waals surface area contributed by atoms with Crippen molar-refractivity contribution in [3.05, 3.63) is 12.2 Å². The molecule has 38 nitrogen and oxygen atoms in total. The number of rotatable bonds is 70. The number of carbonyl (C=O) groups is 7. The summed E-state index contributed by atoms with van der Waals surface area (Å²) in [4.78, 5) is 70.7. The molecule has 0 aromatic heterocycles. The number of aliphatic carboxylic acids is 7. The number of nitrogens with one attached hydrogen (secondary N) is 8. The molecule has 712 valence electrons. The molecule has 117 heavy (non-hydrogen) atoms. The fourth-order valence-electron chi connectivity index (χ4n) is 7.77. The van der Waals surface area contributed by atoms with Gasteiger partial charge in [-0.05, 0) is 51.4 Å². The summed E-state index contributed by atoms with van der Waals surface area (Å²) in [5, 5.41) is 211. The SMILES string of the molecule is CCCCCCC=CC(=O)O.CCCCCCCCC(=O)O.CCCCCCCCCC(=O)O.O=C(O)CCCCCCCC(=O)O.O=C(O)CCCCCCCCC(=O)O.OCCNCCO.OCCNCCO.OCCNCCO.OCCNCCO.OCCNCCO.OCCNCCO.OCCNCCO.OCCNCCO. The molecule has 0 saturated carbocycles. The largest absolute Gasteiger partial charge is 0.481 e. The highest BCUT2D eigenvalue weighted by Gasteiger charge is 2.02. The number of unbranched alkanes of at least 4 members (excludes halogenated alkanes) is 24. The van der Waals surface area contributed by atoms with Gasteiger partial charge in [0.2, 0.25) is 0 Å². The van der Waals surface area contributed by atoms with Gasteiger partial charge in [-0.1, -0.05) is 162 Å². The third kappa shape index (κ3) is 247. The molecular formula is C79H176N8O30. The van der Waals surface area contributed by atoms with Crippen LogP contribution in [0, 0.1) is 0 Å². The van der Waals surface area contributed by atoms with Crippen molar-refractivity contribution in [2.75, 3.05) is 210 Å². The van der Waals surface area contributed by atoms with Gasteiger partial charge in [-0.3, -0.25) is 28.8 Å². The minimum atomic E-state index is -0.847. The van der Waals surface area contributed by atoms with Crippen molar-refractivity contribution in [2.24, 2.45) is 0 Å². The van der Waals surface area contributed by atoms with Gasteiger partial charge in [0.25, 0.3) is 0 Å². The first-order valence-electron chi connectivity index (χ1n) is 42.0. The van der Waals surface area contributed by atoms with Gasteiger partial charge in [0.15, 0.2) is 0 Å². The average molecular weight is 1720 g/mol. The van der Waals surface area contributed by atoms with Gasteiger partial charge < -0.3 is 160 Å². The van der Waals surface area contributed by atoms with Gasteiger partial charge in [-0.2, -0.15) is 0 Å². The lowest BCUT2D eigenvalue weighted by Gasteiger charge is -1.98. The molecule has 0 spiro atoms. The molecule has 0 aliphatic heterocycles. The van der Waals surface area contributed by atoms with Crippen molar-refractivity contribution in [1.82, 2.24) is 42.5 Å². The zero-order valence-corrected chi connectivity index (χ0v) is 72.2. The number of aliphatic hydroxyl groups is 16. The monoisotopic (exact) mass is 1720 g/mol. The van der Waals surface area contributed by atoms with Crippen LogP contribution in [0.1, 0.15) is 245 Å². The minimum absolute atomic E-state index is 0.139. The highest BCUT2D eigenvalue weighted by atomic mass is 16.4. The molecule has 0 aliphatic rings. The van der Waals surface area contributed by atoms with Crippen LogP contribution < -0.4 is 42.5 Å². The summed E-state index contributed by atoms with van der Waals surface area (Å²) < 4.78 is 0. The molecule has 0 radical (unpaired) electrons. The van der Waals surface area contributed by atoms with E-state index in [-0.39, 0.29) is 131 Å². The highest BCUT2D eigenvalue weighted by molar-refractivity contribution is 5.79. The molecule has 0 aromatic rings. The first-order valence-corrected chi connectivity index (χ1v) is 42.0. The van der Waals surface area contributed by atoms with Crippen molar-refractivity contribution >= 4 is 41.8 Å². The van der Waals surface area contributed by atoms with E-state index in [1.807, 2.05) is 0 Å². The minimum Gasteiger partial charge on any atom is -0.481 e. The number of carboxylic acid groups (broad SMARTS) is 7.